The van der Waals surface area contributed by atoms with Crippen LogP contribution in [0.5, 0.6) is 0 Å². The number of aliphatic imine (C=N–C) groups is 1. The molecule has 1 N–H and O–H groups in total. The van der Waals surface area contributed by atoms with Crippen LogP contribution in [0.1, 0.15) is 11.1 Å². The van der Waals surface area contributed by atoms with E-state index in [1.807, 2.05) is 19.9 Å². The summed E-state index contributed by atoms with van der Waals surface area (Å²) in [6, 6.07) is 11.0. The maximum absolute atomic E-state index is 12.8. The number of amides is 4. The summed E-state index contributed by atoms with van der Waals surface area (Å²) in [7, 11) is 0. The minimum atomic E-state index is -0.658. The van der Waals surface area contributed by atoms with E-state index in [0.29, 0.717) is 21.4 Å². The molecule has 0 unspecified atom stereocenters. The zero-order valence-corrected chi connectivity index (χ0v) is 17.3. The van der Waals surface area contributed by atoms with E-state index in [9.17, 15) is 9.59 Å². The average molecular weight is 430 g/mol. The quantitative estimate of drug-likeness (QED) is 0.695. The monoisotopic (exact) mass is 429 g/mol. The predicted octanol–water partition coefficient (Wildman–Crippen LogP) is 5.01. The summed E-state index contributed by atoms with van der Waals surface area (Å²) < 4.78 is 0. The molecule has 1 heterocycles. The number of amidine groups is 1. The van der Waals surface area contributed by atoms with E-state index in [2.05, 4.69) is 10.3 Å². The fraction of sp³-hybridized carbons (Fsp3) is 0.200. The summed E-state index contributed by atoms with van der Waals surface area (Å²) in [6.07, 6.45) is 0. The van der Waals surface area contributed by atoms with Gasteiger partial charge in [-0.2, -0.15) is 10.3 Å². The van der Waals surface area contributed by atoms with Gasteiger partial charge in [0.05, 0.1) is 18.3 Å². The van der Waals surface area contributed by atoms with Crippen LogP contribution >= 0.6 is 23.2 Å². The van der Waals surface area contributed by atoms with E-state index in [1.54, 1.807) is 36.4 Å². The van der Waals surface area contributed by atoms with Crippen molar-refractivity contribution in [2.75, 3.05) is 23.3 Å². The SMILES string of the molecule is Cc1ccc(NC(=O)/N=C2\CN(CC#N)C(=O)N2c2ccc(C)c(Cl)c2)cc1Cl. The molecule has 0 spiro atoms. The van der Waals surface area contributed by atoms with Crippen LogP contribution in [0.2, 0.25) is 10.0 Å². The maximum Gasteiger partial charge on any atom is 0.347 e. The zero-order chi connectivity index (χ0) is 21.1. The van der Waals surface area contributed by atoms with Crippen LogP contribution in [0.25, 0.3) is 0 Å². The first-order chi connectivity index (χ1) is 13.8. The average Bonchev–Trinajstić information content (AvgIpc) is 2.96. The molecule has 2 aromatic rings. The molecule has 1 aliphatic rings. The molecule has 0 bridgehead atoms. The Balaban J connectivity index is 1.91. The predicted molar refractivity (Wildman–Crippen MR) is 114 cm³/mol. The van der Waals surface area contributed by atoms with Crippen molar-refractivity contribution in [3.8, 4) is 6.07 Å². The lowest BCUT2D eigenvalue weighted by atomic mass is 10.2. The molecule has 0 aromatic heterocycles. The van der Waals surface area contributed by atoms with Gasteiger partial charge in [0.1, 0.15) is 12.4 Å². The third kappa shape index (κ3) is 4.50. The van der Waals surface area contributed by atoms with Crippen molar-refractivity contribution < 1.29 is 9.59 Å². The van der Waals surface area contributed by atoms with Gasteiger partial charge in [0.25, 0.3) is 0 Å². The highest BCUT2D eigenvalue weighted by atomic mass is 35.5. The van der Waals surface area contributed by atoms with E-state index in [0.717, 1.165) is 11.1 Å². The van der Waals surface area contributed by atoms with Gasteiger partial charge in [-0.15, -0.1) is 0 Å². The van der Waals surface area contributed by atoms with Gasteiger partial charge in [-0.05, 0) is 49.2 Å². The lowest BCUT2D eigenvalue weighted by Crippen LogP contribution is -2.33. The Morgan fingerprint density at radius 2 is 1.83 bits per heavy atom. The number of rotatable bonds is 3. The van der Waals surface area contributed by atoms with Gasteiger partial charge in [-0.3, -0.25) is 0 Å². The lowest BCUT2D eigenvalue weighted by Gasteiger charge is -2.17. The van der Waals surface area contributed by atoms with Crippen LogP contribution in [-0.2, 0) is 0 Å². The highest BCUT2D eigenvalue weighted by molar-refractivity contribution is 6.32. The van der Waals surface area contributed by atoms with Crippen LogP contribution in [0.15, 0.2) is 41.4 Å². The molecule has 7 nitrogen and oxygen atoms in total. The van der Waals surface area contributed by atoms with E-state index in [1.165, 1.54) is 9.80 Å². The smallest absolute Gasteiger partial charge is 0.306 e. The summed E-state index contributed by atoms with van der Waals surface area (Å²) in [5, 5.41) is 12.6. The van der Waals surface area contributed by atoms with Crippen LogP contribution in [0.4, 0.5) is 21.0 Å². The largest absolute Gasteiger partial charge is 0.347 e. The number of nitriles is 1. The van der Waals surface area contributed by atoms with Gasteiger partial charge in [0, 0.05) is 15.7 Å². The molecule has 0 atom stereocenters. The maximum atomic E-state index is 12.8. The van der Waals surface area contributed by atoms with Gasteiger partial charge in [-0.1, -0.05) is 35.3 Å². The molecule has 148 valence electrons. The van der Waals surface area contributed by atoms with E-state index in [4.69, 9.17) is 28.5 Å². The highest BCUT2D eigenvalue weighted by Gasteiger charge is 2.36. The van der Waals surface area contributed by atoms with Crippen molar-refractivity contribution in [1.82, 2.24) is 4.90 Å². The molecule has 0 radical (unpaired) electrons. The first-order valence-corrected chi connectivity index (χ1v) is 9.42. The lowest BCUT2D eigenvalue weighted by molar-refractivity contribution is 0.225. The molecule has 1 aliphatic heterocycles. The molecular weight excluding hydrogens is 413 g/mol. The highest BCUT2D eigenvalue weighted by Crippen LogP contribution is 2.27. The summed E-state index contributed by atoms with van der Waals surface area (Å²) >= 11 is 12.3. The van der Waals surface area contributed by atoms with Crippen molar-refractivity contribution in [2.45, 2.75) is 13.8 Å². The molecule has 1 fully saturated rings. The van der Waals surface area contributed by atoms with E-state index in [-0.39, 0.29) is 18.9 Å². The van der Waals surface area contributed by atoms with E-state index < -0.39 is 12.1 Å². The number of carbonyl (C=O) groups excluding carboxylic acids is 2. The van der Waals surface area contributed by atoms with Crippen LogP contribution in [0, 0.1) is 25.2 Å². The minimum absolute atomic E-state index is 0.0277. The van der Waals surface area contributed by atoms with Gasteiger partial charge in [0.15, 0.2) is 0 Å². The van der Waals surface area contributed by atoms with E-state index >= 15 is 0 Å². The van der Waals surface area contributed by atoms with Gasteiger partial charge < -0.3 is 10.2 Å². The number of nitrogens with one attached hydrogen (secondary N) is 1. The minimum Gasteiger partial charge on any atom is -0.306 e. The number of carbonyl (C=O) groups is 2. The normalized spacial score (nSPS) is 15.0. The molecule has 3 rings (SSSR count). The second-order valence-electron chi connectivity index (χ2n) is 6.49. The molecule has 29 heavy (non-hydrogen) atoms. The fourth-order valence-electron chi connectivity index (χ4n) is 2.77. The number of benzene rings is 2. The van der Waals surface area contributed by atoms with Crippen LogP contribution in [0.3, 0.4) is 0 Å². The van der Waals surface area contributed by atoms with Crippen molar-refractivity contribution in [2.24, 2.45) is 4.99 Å². The summed E-state index contributed by atoms with van der Waals surface area (Å²) in [5.41, 5.74) is 2.68. The molecular formula is C20H17Cl2N5O2. The van der Waals surface area contributed by atoms with Crippen molar-refractivity contribution in [3.63, 3.8) is 0 Å². The number of hydrogen-bond donors (Lipinski definition) is 1. The second-order valence-corrected chi connectivity index (χ2v) is 7.30. The molecule has 4 amide bonds. The number of anilines is 2. The molecule has 0 saturated carbocycles. The molecule has 9 heteroatoms. The van der Waals surface area contributed by atoms with Gasteiger partial charge in [-0.25, -0.2) is 14.5 Å². The Kier molecular flexibility index (Phi) is 6.06. The van der Waals surface area contributed by atoms with Crippen LogP contribution < -0.4 is 10.2 Å². The topological polar surface area (TPSA) is 88.8 Å². The Morgan fingerprint density at radius 3 is 2.45 bits per heavy atom. The number of hydrogen-bond acceptors (Lipinski definition) is 3. The Morgan fingerprint density at radius 1 is 1.17 bits per heavy atom. The summed E-state index contributed by atoms with van der Waals surface area (Å²) in [4.78, 5) is 31.8. The molecule has 2 aromatic carbocycles. The Bertz CT molecular complexity index is 1060. The number of halogens is 2. The second kappa shape index (κ2) is 8.52. The third-order valence-corrected chi connectivity index (χ3v) is 5.20. The molecule has 0 aliphatic carbocycles. The first-order valence-electron chi connectivity index (χ1n) is 8.67. The zero-order valence-electron chi connectivity index (χ0n) is 15.7. The summed E-state index contributed by atoms with van der Waals surface area (Å²) in [5.74, 6) is 0.195. The van der Waals surface area contributed by atoms with Gasteiger partial charge in [0.2, 0.25) is 0 Å². The van der Waals surface area contributed by atoms with Crippen molar-refractivity contribution in [1.29, 1.82) is 5.26 Å². The number of nitrogens with zero attached hydrogens (tertiary/aromatic N) is 4. The Hall–Kier alpha value is -3.08. The van der Waals surface area contributed by atoms with Crippen molar-refractivity contribution in [3.05, 3.63) is 57.6 Å². The Labute approximate surface area is 178 Å². The number of urea groups is 2. The third-order valence-electron chi connectivity index (χ3n) is 4.38. The standard InChI is InChI=1S/C20H17Cl2N5O2/c1-12-3-5-14(9-16(12)21)24-19(28)25-18-11-26(8-7-23)20(29)27(18)15-6-4-13(2)17(22)10-15/h3-6,9-10H,8,11H2,1-2H3,(H,24,28)/b25-18+. The number of aryl methyl sites for hydroxylation is 2. The summed E-state index contributed by atoms with van der Waals surface area (Å²) in [6.45, 7) is 3.60. The fourth-order valence-corrected chi connectivity index (χ4v) is 3.13. The van der Waals surface area contributed by atoms with Gasteiger partial charge >= 0.3 is 12.1 Å². The van der Waals surface area contributed by atoms with Crippen molar-refractivity contribution >= 4 is 52.5 Å². The molecule has 1 saturated heterocycles. The first kappa shape index (κ1) is 20.6. The van der Waals surface area contributed by atoms with Crippen LogP contribution in [-0.4, -0.2) is 35.9 Å².